The van der Waals surface area contributed by atoms with Crippen LogP contribution >= 0.6 is 12.4 Å². The van der Waals surface area contributed by atoms with Gasteiger partial charge < -0.3 is 10.6 Å². The summed E-state index contributed by atoms with van der Waals surface area (Å²) in [5.74, 6) is 0.570. The third-order valence-electron chi connectivity index (χ3n) is 5.07. The van der Waals surface area contributed by atoms with Gasteiger partial charge in [-0.15, -0.1) is 12.4 Å². The van der Waals surface area contributed by atoms with E-state index in [1.54, 1.807) is 29.4 Å². The Hall–Kier alpha value is -1.15. The number of anilines is 1. The van der Waals surface area contributed by atoms with Crippen molar-refractivity contribution in [2.24, 2.45) is 5.92 Å². The fourth-order valence-corrected chi connectivity index (χ4v) is 5.06. The summed E-state index contributed by atoms with van der Waals surface area (Å²) in [6.45, 7) is 4.06. The van der Waals surface area contributed by atoms with Crippen LogP contribution < -0.4 is 10.6 Å². The first-order valence-corrected chi connectivity index (χ1v) is 11.0. The van der Waals surface area contributed by atoms with E-state index in [0.717, 1.165) is 32.2 Å². The van der Waals surface area contributed by atoms with E-state index < -0.39 is 10.0 Å². The van der Waals surface area contributed by atoms with Gasteiger partial charge in [-0.1, -0.05) is 18.9 Å². The average Bonchev–Trinajstić information content (AvgIpc) is 3.42. The summed E-state index contributed by atoms with van der Waals surface area (Å²) in [4.78, 5) is 12.4. The summed E-state index contributed by atoms with van der Waals surface area (Å²) in [6.07, 6.45) is 6.45. The predicted octanol–water partition coefficient (Wildman–Crippen LogP) is 2.92. The molecule has 3 rings (SSSR count). The summed E-state index contributed by atoms with van der Waals surface area (Å²) in [5.41, 5.74) is 1.24. The Labute approximate surface area is 168 Å². The van der Waals surface area contributed by atoms with Crippen LogP contribution in [0.15, 0.2) is 23.1 Å². The highest BCUT2D eigenvalue weighted by atomic mass is 35.5. The number of carbonyl (C=O) groups is 1. The Kier molecular flexibility index (Phi) is 8.09. The van der Waals surface area contributed by atoms with E-state index in [2.05, 4.69) is 10.6 Å². The molecule has 2 N–H and O–H groups in total. The first-order valence-electron chi connectivity index (χ1n) is 9.58. The van der Waals surface area contributed by atoms with Crippen molar-refractivity contribution < 1.29 is 13.2 Å². The van der Waals surface area contributed by atoms with Crippen molar-refractivity contribution in [2.75, 3.05) is 31.5 Å². The summed E-state index contributed by atoms with van der Waals surface area (Å²) in [7, 11) is -3.53. The molecule has 1 aromatic rings. The minimum Gasteiger partial charge on any atom is -0.325 e. The minimum absolute atomic E-state index is 0. The van der Waals surface area contributed by atoms with Crippen LogP contribution in [0, 0.1) is 12.8 Å². The van der Waals surface area contributed by atoms with Gasteiger partial charge in [-0.2, -0.15) is 4.31 Å². The monoisotopic (exact) mass is 415 g/mol. The van der Waals surface area contributed by atoms with Crippen LogP contribution in [0.1, 0.15) is 44.1 Å². The third kappa shape index (κ3) is 6.17. The summed E-state index contributed by atoms with van der Waals surface area (Å²) in [6, 6.07) is 5.11. The molecule has 2 fully saturated rings. The van der Waals surface area contributed by atoms with Gasteiger partial charge in [0.1, 0.15) is 0 Å². The molecule has 1 aliphatic carbocycles. The molecule has 0 aromatic heterocycles. The molecule has 1 heterocycles. The molecule has 0 bridgehead atoms. The van der Waals surface area contributed by atoms with E-state index in [4.69, 9.17) is 0 Å². The molecule has 8 heteroatoms. The van der Waals surface area contributed by atoms with Gasteiger partial charge in [-0.25, -0.2) is 8.42 Å². The molecule has 1 aromatic carbocycles. The molecule has 2 aliphatic rings. The maximum atomic E-state index is 13.1. The van der Waals surface area contributed by atoms with E-state index in [0.29, 0.717) is 35.2 Å². The molecule has 0 radical (unpaired) electrons. The first kappa shape index (κ1) is 22.1. The first-order chi connectivity index (χ1) is 12.5. The quantitative estimate of drug-likeness (QED) is 0.717. The largest absolute Gasteiger partial charge is 0.325 e. The van der Waals surface area contributed by atoms with Gasteiger partial charge in [-0.05, 0) is 62.8 Å². The highest BCUT2D eigenvalue weighted by Gasteiger charge is 2.27. The number of nitrogens with one attached hydrogen (secondary N) is 2. The van der Waals surface area contributed by atoms with Crippen LogP contribution in [0.25, 0.3) is 0 Å². The third-order valence-corrected chi connectivity index (χ3v) is 7.11. The van der Waals surface area contributed by atoms with Gasteiger partial charge in [0.05, 0.1) is 11.4 Å². The number of aryl methyl sites for hydroxylation is 1. The lowest BCUT2D eigenvalue weighted by atomic mass is 10.2. The van der Waals surface area contributed by atoms with Crippen LogP contribution in [0.2, 0.25) is 0 Å². The predicted molar refractivity (Wildman–Crippen MR) is 110 cm³/mol. The molecule has 0 unspecified atom stereocenters. The van der Waals surface area contributed by atoms with Crippen molar-refractivity contribution in [3.8, 4) is 0 Å². The number of halogens is 1. The average molecular weight is 416 g/mol. The number of benzene rings is 1. The molecule has 0 spiro atoms. The molecular formula is C19H30ClN3O3S. The Bertz CT molecular complexity index is 743. The highest BCUT2D eigenvalue weighted by molar-refractivity contribution is 7.89. The second-order valence-electron chi connectivity index (χ2n) is 7.42. The van der Waals surface area contributed by atoms with Crippen molar-refractivity contribution in [3.05, 3.63) is 23.8 Å². The molecule has 1 aliphatic heterocycles. The molecule has 1 amide bonds. The summed E-state index contributed by atoms with van der Waals surface area (Å²) in [5, 5.41) is 5.95. The molecule has 0 atom stereocenters. The lowest BCUT2D eigenvalue weighted by molar-refractivity contribution is -0.115. The van der Waals surface area contributed by atoms with Crippen LogP contribution in [0.4, 0.5) is 5.69 Å². The Morgan fingerprint density at radius 2 is 1.81 bits per heavy atom. The number of amides is 1. The summed E-state index contributed by atoms with van der Waals surface area (Å²) < 4.78 is 27.7. The second-order valence-corrected chi connectivity index (χ2v) is 9.33. The van der Waals surface area contributed by atoms with Gasteiger partial charge in [-0.3, -0.25) is 4.79 Å². The van der Waals surface area contributed by atoms with E-state index in [1.165, 1.54) is 12.8 Å². The Balaban J connectivity index is 0.00000261. The Morgan fingerprint density at radius 1 is 1.15 bits per heavy atom. The fourth-order valence-electron chi connectivity index (χ4n) is 3.29. The Morgan fingerprint density at radius 3 is 2.44 bits per heavy atom. The van der Waals surface area contributed by atoms with E-state index in [9.17, 15) is 13.2 Å². The number of carbonyl (C=O) groups excluding carboxylic acids is 1. The molecule has 152 valence electrons. The standard InChI is InChI=1S/C19H29N3O3S.ClH/c1-15-6-9-17(21-19(23)14-20-13-16-7-8-16)12-18(15)26(24,25)22-10-4-2-3-5-11-22;/h6,9,12,16,20H,2-5,7-8,10-11,13-14H2,1H3,(H,21,23);1H. The van der Waals surface area contributed by atoms with E-state index in [-0.39, 0.29) is 24.9 Å². The van der Waals surface area contributed by atoms with Crippen LogP contribution in [0.5, 0.6) is 0 Å². The van der Waals surface area contributed by atoms with Crippen molar-refractivity contribution >= 4 is 34.0 Å². The number of hydrogen-bond acceptors (Lipinski definition) is 4. The minimum atomic E-state index is -3.53. The molecule has 27 heavy (non-hydrogen) atoms. The zero-order valence-corrected chi connectivity index (χ0v) is 17.5. The van der Waals surface area contributed by atoms with Gasteiger partial charge in [0, 0.05) is 18.8 Å². The number of sulfonamides is 1. The van der Waals surface area contributed by atoms with Gasteiger partial charge in [0.2, 0.25) is 15.9 Å². The van der Waals surface area contributed by atoms with Gasteiger partial charge >= 0.3 is 0 Å². The molecule has 1 saturated carbocycles. The maximum Gasteiger partial charge on any atom is 0.243 e. The van der Waals surface area contributed by atoms with Crippen molar-refractivity contribution in [1.29, 1.82) is 0 Å². The second kappa shape index (κ2) is 9.87. The smallest absolute Gasteiger partial charge is 0.243 e. The lowest BCUT2D eigenvalue weighted by Crippen LogP contribution is -2.32. The highest BCUT2D eigenvalue weighted by Crippen LogP contribution is 2.27. The zero-order valence-electron chi connectivity index (χ0n) is 15.9. The SMILES string of the molecule is Cc1ccc(NC(=O)CNCC2CC2)cc1S(=O)(=O)N1CCCCCC1.Cl. The van der Waals surface area contributed by atoms with Crippen LogP contribution in [-0.2, 0) is 14.8 Å². The van der Waals surface area contributed by atoms with Crippen molar-refractivity contribution in [2.45, 2.75) is 50.3 Å². The van der Waals surface area contributed by atoms with Crippen molar-refractivity contribution in [3.63, 3.8) is 0 Å². The van der Waals surface area contributed by atoms with Crippen molar-refractivity contribution in [1.82, 2.24) is 9.62 Å². The van der Waals surface area contributed by atoms with Gasteiger partial charge in [0.25, 0.3) is 0 Å². The zero-order chi connectivity index (χ0) is 18.6. The van der Waals surface area contributed by atoms with E-state index >= 15 is 0 Å². The normalized spacial score (nSPS) is 18.4. The number of hydrogen-bond donors (Lipinski definition) is 2. The fraction of sp³-hybridized carbons (Fsp3) is 0.632. The molecular weight excluding hydrogens is 386 g/mol. The topological polar surface area (TPSA) is 78.5 Å². The molecule has 1 saturated heterocycles. The number of rotatable bonds is 7. The van der Waals surface area contributed by atoms with Gasteiger partial charge in [0.15, 0.2) is 0 Å². The lowest BCUT2D eigenvalue weighted by Gasteiger charge is -2.21. The van der Waals surface area contributed by atoms with Crippen LogP contribution in [0.3, 0.4) is 0 Å². The number of nitrogens with zero attached hydrogens (tertiary/aromatic N) is 1. The maximum absolute atomic E-state index is 13.1. The summed E-state index contributed by atoms with van der Waals surface area (Å²) >= 11 is 0. The van der Waals surface area contributed by atoms with E-state index in [1.807, 2.05) is 0 Å². The molecule has 6 nitrogen and oxygen atoms in total. The van der Waals surface area contributed by atoms with Crippen LogP contribution in [-0.4, -0.2) is 44.8 Å².